The second-order valence-electron chi connectivity index (χ2n) is 5.30. The minimum atomic E-state index is -0.123. The molecule has 21 heavy (non-hydrogen) atoms. The second kappa shape index (κ2) is 5.44. The fraction of sp³-hybridized carbons (Fsp3) is 0.167. The summed E-state index contributed by atoms with van der Waals surface area (Å²) in [5.74, 6) is -0.243. The molecule has 0 bridgehead atoms. The molecular weight excluding hydrogens is 260 g/mol. The maximum atomic E-state index is 12.0. The molecule has 104 valence electrons. The van der Waals surface area contributed by atoms with Crippen LogP contribution in [0.4, 0.5) is 5.69 Å². The van der Waals surface area contributed by atoms with Crippen molar-refractivity contribution in [3.8, 4) is 0 Å². The van der Waals surface area contributed by atoms with E-state index in [2.05, 4.69) is 9.98 Å². The molecule has 0 spiro atoms. The molecule has 2 aromatic rings. The summed E-state index contributed by atoms with van der Waals surface area (Å²) in [7, 11) is 0. The number of para-hydroxylation sites is 1. The molecule has 3 heteroatoms. The van der Waals surface area contributed by atoms with Crippen LogP contribution in [0.3, 0.4) is 0 Å². The summed E-state index contributed by atoms with van der Waals surface area (Å²) in [6, 6.07) is 17.6. The van der Waals surface area contributed by atoms with Crippen LogP contribution in [0.25, 0.3) is 0 Å². The van der Waals surface area contributed by atoms with Gasteiger partial charge in [0.05, 0.1) is 11.4 Å². The summed E-state index contributed by atoms with van der Waals surface area (Å²) in [6.07, 6.45) is 0. The zero-order chi connectivity index (χ0) is 14.8. The molecule has 0 N–H and O–H groups in total. The predicted molar refractivity (Wildman–Crippen MR) is 85.5 cm³/mol. The molecule has 2 aromatic carbocycles. The van der Waals surface area contributed by atoms with Crippen molar-refractivity contribution >= 4 is 23.0 Å². The van der Waals surface area contributed by atoms with Crippen molar-refractivity contribution in [3.63, 3.8) is 0 Å². The lowest BCUT2D eigenvalue weighted by Gasteiger charge is -2.05. The van der Waals surface area contributed by atoms with Crippen LogP contribution in [-0.2, 0) is 4.79 Å². The summed E-state index contributed by atoms with van der Waals surface area (Å²) < 4.78 is 0. The number of amides is 1. The first-order valence-electron chi connectivity index (χ1n) is 7.03. The van der Waals surface area contributed by atoms with Crippen molar-refractivity contribution in [2.75, 3.05) is 0 Å². The number of benzene rings is 2. The average Bonchev–Trinajstić information content (AvgIpc) is 2.87. The first-order valence-corrected chi connectivity index (χ1v) is 7.03. The maximum Gasteiger partial charge on any atom is 0.248 e. The highest BCUT2D eigenvalue weighted by Crippen LogP contribution is 2.29. The summed E-state index contributed by atoms with van der Waals surface area (Å²) in [6.45, 7) is 3.71. The van der Waals surface area contributed by atoms with E-state index in [1.807, 2.05) is 68.4 Å². The lowest BCUT2D eigenvalue weighted by atomic mass is 10.0. The van der Waals surface area contributed by atoms with E-state index >= 15 is 0 Å². The van der Waals surface area contributed by atoms with Gasteiger partial charge in [-0.3, -0.25) is 4.79 Å². The van der Waals surface area contributed by atoms with Gasteiger partial charge in [0.25, 0.3) is 0 Å². The number of aliphatic imine (C=N–C) groups is 2. The standard InChI is InChI=1S/C18H16N2O/c1-12(2)18(21)20-17-14-10-6-7-11-15(14)19-16(17)13-8-4-3-5-9-13/h3-12H,1-2H3. The Morgan fingerprint density at radius 3 is 2.38 bits per heavy atom. The Morgan fingerprint density at radius 1 is 1.00 bits per heavy atom. The van der Waals surface area contributed by atoms with Crippen molar-refractivity contribution in [1.82, 2.24) is 0 Å². The maximum absolute atomic E-state index is 12.0. The number of hydrogen-bond acceptors (Lipinski definition) is 2. The van der Waals surface area contributed by atoms with Crippen LogP contribution >= 0.6 is 0 Å². The molecule has 0 saturated carbocycles. The highest BCUT2D eigenvalue weighted by molar-refractivity contribution is 6.57. The van der Waals surface area contributed by atoms with Crippen LogP contribution in [0.5, 0.6) is 0 Å². The SMILES string of the molecule is CC(C)C(=O)N=C1C(c2ccccc2)=Nc2ccccc21. The van der Waals surface area contributed by atoms with Crippen molar-refractivity contribution in [2.45, 2.75) is 13.8 Å². The first kappa shape index (κ1) is 13.4. The van der Waals surface area contributed by atoms with Crippen molar-refractivity contribution < 1.29 is 4.79 Å². The van der Waals surface area contributed by atoms with Gasteiger partial charge in [0.2, 0.25) is 5.91 Å². The van der Waals surface area contributed by atoms with Crippen molar-refractivity contribution in [3.05, 3.63) is 65.7 Å². The lowest BCUT2D eigenvalue weighted by Crippen LogP contribution is -2.16. The van der Waals surface area contributed by atoms with Crippen LogP contribution in [-0.4, -0.2) is 17.3 Å². The monoisotopic (exact) mass is 276 g/mol. The van der Waals surface area contributed by atoms with Crippen molar-refractivity contribution in [2.24, 2.45) is 15.9 Å². The number of carbonyl (C=O) groups is 1. The number of hydrogen-bond donors (Lipinski definition) is 0. The Kier molecular flexibility index (Phi) is 3.48. The highest BCUT2D eigenvalue weighted by Gasteiger charge is 2.24. The van der Waals surface area contributed by atoms with Gasteiger partial charge in [-0.25, -0.2) is 9.98 Å². The van der Waals surface area contributed by atoms with Crippen LogP contribution in [0.2, 0.25) is 0 Å². The Morgan fingerprint density at radius 2 is 1.67 bits per heavy atom. The van der Waals surface area contributed by atoms with Crippen LogP contribution in [0.1, 0.15) is 25.0 Å². The van der Waals surface area contributed by atoms with Gasteiger partial charge in [-0.05, 0) is 6.07 Å². The summed E-state index contributed by atoms with van der Waals surface area (Å²) in [5, 5.41) is 0. The number of nitrogens with zero attached hydrogens (tertiary/aromatic N) is 2. The number of rotatable bonds is 2. The highest BCUT2D eigenvalue weighted by atomic mass is 16.1. The van der Waals surface area contributed by atoms with Gasteiger partial charge in [-0.15, -0.1) is 0 Å². The van der Waals surface area contributed by atoms with E-state index in [-0.39, 0.29) is 11.8 Å². The Labute approximate surface area is 124 Å². The smallest absolute Gasteiger partial charge is 0.248 e. The van der Waals surface area contributed by atoms with Gasteiger partial charge < -0.3 is 0 Å². The van der Waals surface area contributed by atoms with Gasteiger partial charge in [-0.1, -0.05) is 62.4 Å². The van der Waals surface area contributed by atoms with Gasteiger partial charge >= 0.3 is 0 Å². The predicted octanol–water partition coefficient (Wildman–Crippen LogP) is 3.79. The minimum Gasteiger partial charge on any atom is -0.272 e. The zero-order valence-electron chi connectivity index (χ0n) is 12.1. The van der Waals surface area contributed by atoms with E-state index in [1.54, 1.807) is 0 Å². The number of carbonyl (C=O) groups excluding carboxylic acids is 1. The van der Waals surface area contributed by atoms with Gasteiger partial charge in [0.15, 0.2) is 0 Å². The Bertz CT molecular complexity index is 743. The normalized spacial score (nSPS) is 15.2. The molecule has 0 fully saturated rings. The van der Waals surface area contributed by atoms with Crippen molar-refractivity contribution in [1.29, 1.82) is 0 Å². The summed E-state index contributed by atoms with van der Waals surface area (Å²) >= 11 is 0. The van der Waals surface area contributed by atoms with E-state index in [1.165, 1.54) is 0 Å². The minimum absolute atomic E-state index is 0.120. The Balaban J connectivity index is 2.14. The Hall–Kier alpha value is -2.55. The largest absolute Gasteiger partial charge is 0.272 e. The van der Waals surface area contributed by atoms with E-state index in [4.69, 9.17) is 0 Å². The molecule has 1 heterocycles. The van der Waals surface area contributed by atoms with E-state index in [0.29, 0.717) is 5.71 Å². The summed E-state index contributed by atoms with van der Waals surface area (Å²) in [5.41, 5.74) is 4.21. The second-order valence-corrected chi connectivity index (χ2v) is 5.30. The van der Waals surface area contributed by atoms with Crippen LogP contribution in [0.15, 0.2) is 64.6 Å². The molecule has 3 nitrogen and oxygen atoms in total. The van der Waals surface area contributed by atoms with E-state index in [9.17, 15) is 4.79 Å². The molecule has 0 aliphatic carbocycles. The zero-order valence-corrected chi connectivity index (χ0v) is 12.1. The fourth-order valence-electron chi connectivity index (χ4n) is 2.22. The van der Waals surface area contributed by atoms with E-state index < -0.39 is 0 Å². The molecule has 1 amide bonds. The molecule has 1 aliphatic heterocycles. The van der Waals surface area contributed by atoms with Gasteiger partial charge in [0.1, 0.15) is 5.71 Å². The molecule has 0 aromatic heterocycles. The molecular formula is C18H16N2O. The average molecular weight is 276 g/mol. The van der Waals surface area contributed by atoms with Gasteiger partial charge in [0, 0.05) is 17.0 Å². The lowest BCUT2D eigenvalue weighted by molar-refractivity contribution is -0.120. The summed E-state index contributed by atoms with van der Waals surface area (Å²) in [4.78, 5) is 21.0. The molecule has 0 radical (unpaired) electrons. The fourth-order valence-corrected chi connectivity index (χ4v) is 2.22. The quantitative estimate of drug-likeness (QED) is 0.822. The third kappa shape index (κ3) is 2.55. The number of fused-ring (bicyclic) bond motifs is 1. The van der Waals surface area contributed by atoms with Gasteiger partial charge in [-0.2, -0.15) is 0 Å². The molecule has 1 aliphatic rings. The molecule has 0 saturated heterocycles. The topological polar surface area (TPSA) is 41.8 Å². The van der Waals surface area contributed by atoms with E-state index in [0.717, 1.165) is 22.5 Å². The first-order chi connectivity index (χ1) is 10.2. The van der Waals surface area contributed by atoms with Crippen LogP contribution < -0.4 is 0 Å². The molecule has 0 unspecified atom stereocenters. The molecule has 3 rings (SSSR count). The third-order valence-corrected chi connectivity index (χ3v) is 3.38. The molecule has 0 atom stereocenters. The third-order valence-electron chi connectivity index (χ3n) is 3.38. The van der Waals surface area contributed by atoms with Crippen LogP contribution in [0, 0.1) is 5.92 Å².